The Morgan fingerprint density at radius 1 is 1.04 bits per heavy atom. The summed E-state index contributed by atoms with van der Waals surface area (Å²) in [6, 6.07) is 17.3. The van der Waals surface area contributed by atoms with E-state index in [0.717, 1.165) is 31.0 Å². The molecule has 2 amide bonds. The van der Waals surface area contributed by atoms with Gasteiger partial charge in [-0.05, 0) is 43.6 Å². The van der Waals surface area contributed by atoms with Crippen LogP contribution in [0.4, 0.5) is 0 Å². The van der Waals surface area contributed by atoms with Crippen LogP contribution >= 0.6 is 0 Å². The van der Waals surface area contributed by atoms with E-state index in [9.17, 15) is 9.59 Å². The van der Waals surface area contributed by atoms with Gasteiger partial charge in [-0.1, -0.05) is 48.5 Å². The van der Waals surface area contributed by atoms with Crippen LogP contribution in [0.25, 0.3) is 0 Å². The molecule has 0 aliphatic carbocycles. The van der Waals surface area contributed by atoms with Gasteiger partial charge >= 0.3 is 0 Å². The summed E-state index contributed by atoms with van der Waals surface area (Å²) in [6.07, 6.45) is 1.74. The van der Waals surface area contributed by atoms with Gasteiger partial charge in [0.2, 0.25) is 5.91 Å². The molecule has 1 heterocycles. The van der Waals surface area contributed by atoms with E-state index >= 15 is 0 Å². The monoisotopic (exact) mass is 367 g/mol. The number of hydroxylamine groups is 2. The van der Waals surface area contributed by atoms with E-state index in [-0.39, 0.29) is 17.9 Å². The van der Waals surface area contributed by atoms with Crippen LogP contribution in [0.2, 0.25) is 0 Å². The van der Waals surface area contributed by atoms with E-state index in [1.54, 1.807) is 24.3 Å². The maximum absolute atomic E-state index is 13.1. The lowest BCUT2D eigenvalue weighted by Gasteiger charge is -2.31. The molecule has 6 heteroatoms. The molecule has 1 saturated heterocycles. The standard InChI is InChI=1S/C21H25N3O3/c1-27-24(21(26)17-10-6-3-7-11-17)19(16-8-4-2-5-9-16)20(25)23-18-12-14-22-15-13-18/h2-11,18-19,22H,12-15H2,1H3,(H,23,25)/t19-/m1/s1. The molecule has 0 saturated carbocycles. The minimum Gasteiger partial charge on any atom is -0.351 e. The number of carbonyl (C=O) groups excluding carboxylic acids is 2. The molecule has 0 spiro atoms. The number of piperidine rings is 1. The minimum atomic E-state index is -0.862. The number of nitrogens with zero attached hydrogens (tertiary/aromatic N) is 1. The highest BCUT2D eigenvalue weighted by molar-refractivity contribution is 5.97. The van der Waals surface area contributed by atoms with E-state index in [2.05, 4.69) is 10.6 Å². The lowest BCUT2D eigenvalue weighted by atomic mass is 10.0. The van der Waals surface area contributed by atoms with Crippen molar-refractivity contribution in [3.8, 4) is 0 Å². The molecule has 2 aromatic carbocycles. The van der Waals surface area contributed by atoms with Crippen LogP contribution in [0.15, 0.2) is 60.7 Å². The first-order valence-corrected chi connectivity index (χ1v) is 9.19. The predicted octanol–water partition coefficient (Wildman–Crippen LogP) is 2.30. The van der Waals surface area contributed by atoms with Crippen LogP contribution in [0, 0.1) is 0 Å². The van der Waals surface area contributed by atoms with Gasteiger partial charge in [-0.2, -0.15) is 0 Å². The van der Waals surface area contributed by atoms with Gasteiger partial charge in [-0.25, -0.2) is 5.06 Å². The van der Waals surface area contributed by atoms with Gasteiger partial charge in [0.15, 0.2) is 6.04 Å². The smallest absolute Gasteiger partial charge is 0.278 e. The van der Waals surface area contributed by atoms with Crippen molar-refractivity contribution in [2.45, 2.75) is 24.9 Å². The van der Waals surface area contributed by atoms with Crippen LogP contribution < -0.4 is 10.6 Å². The van der Waals surface area contributed by atoms with Crippen LogP contribution in [-0.4, -0.2) is 43.1 Å². The third-order valence-electron chi connectivity index (χ3n) is 4.70. The van der Waals surface area contributed by atoms with Crippen LogP contribution in [0.3, 0.4) is 0 Å². The van der Waals surface area contributed by atoms with Gasteiger partial charge in [0.05, 0.1) is 7.11 Å². The minimum absolute atomic E-state index is 0.0931. The maximum atomic E-state index is 13.1. The van der Waals surface area contributed by atoms with Crippen molar-refractivity contribution in [2.24, 2.45) is 0 Å². The molecule has 2 aromatic rings. The Hall–Kier alpha value is -2.70. The number of hydrogen-bond acceptors (Lipinski definition) is 4. The van der Waals surface area contributed by atoms with Crippen LogP contribution in [0.5, 0.6) is 0 Å². The number of nitrogens with one attached hydrogen (secondary N) is 2. The zero-order chi connectivity index (χ0) is 19.1. The number of benzene rings is 2. The van der Waals surface area contributed by atoms with E-state index in [1.807, 2.05) is 36.4 Å². The fourth-order valence-corrected chi connectivity index (χ4v) is 3.29. The molecular weight excluding hydrogens is 342 g/mol. The first kappa shape index (κ1) is 19.1. The van der Waals surface area contributed by atoms with E-state index < -0.39 is 6.04 Å². The van der Waals surface area contributed by atoms with Gasteiger partial charge in [0.1, 0.15) is 0 Å². The fourth-order valence-electron chi connectivity index (χ4n) is 3.29. The van der Waals surface area contributed by atoms with Crippen molar-refractivity contribution in [3.63, 3.8) is 0 Å². The second-order valence-corrected chi connectivity index (χ2v) is 6.53. The summed E-state index contributed by atoms with van der Waals surface area (Å²) in [5, 5.41) is 7.52. The maximum Gasteiger partial charge on any atom is 0.278 e. The Bertz CT molecular complexity index is 746. The third-order valence-corrected chi connectivity index (χ3v) is 4.70. The molecule has 6 nitrogen and oxygen atoms in total. The summed E-state index contributed by atoms with van der Waals surface area (Å²) >= 11 is 0. The van der Waals surface area contributed by atoms with Gasteiger partial charge in [-0.3, -0.25) is 14.4 Å². The third kappa shape index (κ3) is 4.72. The molecule has 2 N–H and O–H groups in total. The zero-order valence-corrected chi connectivity index (χ0v) is 15.4. The lowest BCUT2D eigenvalue weighted by Crippen LogP contribution is -2.48. The summed E-state index contributed by atoms with van der Waals surface area (Å²) in [4.78, 5) is 31.5. The summed E-state index contributed by atoms with van der Waals surface area (Å²) in [5.41, 5.74) is 1.17. The van der Waals surface area contributed by atoms with Crippen LogP contribution in [0.1, 0.15) is 34.8 Å². The van der Waals surface area contributed by atoms with Gasteiger partial charge in [0, 0.05) is 11.6 Å². The normalized spacial score (nSPS) is 15.7. The van der Waals surface area contributed by atoms with E-state index in [0.29, 0.717) is 11.1 Å². The van der Waals surface area contributed by atoms with Gasteiger partial charge in [0.25, 0.3) is 5.91 Å². The van der Waals surface area contributed by atoms with Crippen molar-refractivity contribution < 1.29 is 14.4 Å². The quantitative estimate of drug-likeness (QED) is 0.769. The Labute approximate surface area is 159 Å². The number of carbonyl (C=O) groups is 2. The molecule has 0 radical (unpaired) electrons. The largest absolute Gasteiger partial charge is 0.351 e. The van der Waals surface area contributed by atoms with E-state index in [1.165, 1.54) is 7.11 Å². The molecule has 0 bridgehead atoms. The summed E-state index contributed by atoms with van der Waals surface area (Å²) < 4.78 is 0. The predicted molar refractivity (Wildman–Crippen MR) is 103 cm³/mol. The molecule has 142 valence electrons. The topological polar surface area (TPSA) is 70.7 Å². The van der Waals surface area contributed by atoms with Gasteiger partial charge < -0.3 is 10.6 Å². The summed E-state index contributed by atoms with van der Waals surface area (Å²) in [5.74, 6) is -0.591. The van der Waals surface area contributed by atoms with Crippen molar-refractivity contribution >= 4 is 11.8 Å². The molecular formula is C21H25N3O3. The second kappa shape index (κ2) is 9.30. The van der Waals surface area contributed by atoms with Crippen molar-refractivity contribution in [1.82, 2.24) is 15.7 Å². The summed E-state index contributed by atoms with van der Waals surface area (Å²) in [7, 11) is 1.41. The first-order chi connectivity index (χ1) is 13.2. The zero-order valence-electron chi connectivity index (χ0n) is 15.4. The highest BCUT2D eigenvalue weighted by atomic mass is 16.7. The molecule has 1 atom stereocenters. The SMILES string of the molecule is CON(C(=O)c1ccccc1)[C@@H](C(=O)NC1CCNCC1)c1ccccc1. The Kier molecular flexibility index (Phi) is 6.57. The number of amides is 2. The first-order valence-electron chi connectivity index (χ1n) is 9.19. The number of hydrogen-bond donors (Lipinski definition) is 2. The van der Waals surface area contributed by atoms with Crippen molar-refractivity contribution in [1.29, 1.82) is 0 Å². The fraction of sp³-hybridized carbons (Fsp3) is 0.333. The average molecular weight is 367 g/mol. The molecule has 3 rings (SSSR count). The average Bonchev–Trinajstić information content (AvgIpc) is 2.73. The highest BCUT2D eigenvalue weighted by Gasteiger charge is 2.34. The second-order valence-electron chi connectivity index (χ2n) is 6.53. The summed E-state index contributed by atoms with van der Waals surface area (Å²) in [6.45, 7) is 1.75. The Morgan fingerprint density at radius 2 is 1.63 bits per heavy atom. The van der Waals surface area contributed by atoms with E-state index in [4.69, 9.17) is 4.84 Å². The lowest BCUT2D eigenvalue weighted by molar-refractivity contribution is -0.153. The van der Waals surface area contributed by atoms with Crippen molar-refractivity contribution in [2.75, 3.05) is 20.2 Å². The molecule has 1 aliphatic rings. The van der Waals surface area contributed by atoms with Gasteiger partial charge in [-0.15, -0.1) is 0 Å². The number of rotatable bonds is 6. The molecule has 0 aromatic heterocycles. The van der Waals surface area contributed by atoms with Crippen LogP contribution in [-0.2, 0) is 9.63 Å². The molecule has 1 fully saturated rings. The molecule has 1 aliphatic heterocycles. The van der Waals surface area contributed by atoms with Crippen molar-refractivity contribution in [3.05, 3.63) is 71.8 Å². The highest BCUT2D eigenvalue weighted by Crippen LogP contribution is 2.24. The molecule has 27 heavy (non-hydrogen) atoms. The Morgan fingerprint density at radius 3 is 2.22 bits per heavy atom. The Balaban J connectivity index is 1.88. The molecule has 0 unspecified atom stereocenters.